The van der Waals surface area contributed by atoms with Gasteiger partial charge in [0.15, 0.2) is 0 Å². The summed E-state index contributed by atoms with van der Waals surface area (Å²) in [6, 6.07) is 73.0. The molecule has 11 aromatic rings. The van der Waals surface area contributed by atoms with Gasteiger partial charge in [0.2, 0.25) is 0 Å². The van der Waals surface area contributed by atoms with Crippen LogP contribution in [-0.4, -0.2) is 0 Å². The SMILES string of the molecule is c1ccc(C2(c3ccccc3)c3cc(-c4ccc5sc6ccccc6c5c4)ccc3-c3ccc4ccc(-c5ccc6sc7ccccc7c6c5)cc4c32)cc1. The third-order valence-corrected chi connectivity index (χ3v) is 14.2. The van der Waals surface area contributed by atoms with E-state index in [4.69, 9.17) is 0 Å². The van der Waals surface area contributed by atoms with E-state index in [1.54, 1.807) is 0 Å². The van der Waals surface area contributed by atoms with Gasteiger partial charge in [0.1, 0.15) is 0 Å². The van der Waals surface area contributed by atoms with Gasteiger partial charge in [-0.05, 0) is 115 Å². The smallest absolute Gasteiger partial charge is 0.0719 e. The molecule has 2 heteroatoms. The predicted molar refractivity (Wildman–Crippen MR) is 238 cm³/mol. The van der Waals surface area contributed by atoms with Crippen LogP contribution < -0.4 is 0 Å². The summed E-state index contributed by atoms with van der Waals surface area (Å²) >= 11 is 3.75. The first kappa shape index (κ1) is 31.1. The number of fused-ring (bicyclic) bond motifs is 11. The summed E-state index contributed by atoms with van der Waals surface area (Å²) in [4.78, 5) is 0. The fourth-order valence-corrected chi connectivity index (χ4v) is 11.7. The summed E-state index contributed by atoms with van der Waals surface area (Å²) in [5.41, 5.74) is 12.3. The number of benzene rings is 9. The quantitative estimate of drug-likeness (QED) is 0.169. The lowest BCUT2D eigenvalue weighted by Crippen LogP contribution is -2.28. The number of thiophene rings is 2. The Morgan fingerprint density at radius 2 is 0.745 bits per heavy atom. The van der Waals surface area contributed by atoms with Crippen LogP contribution in [0.3, 0.4) is 0 Å². The van der Waals surface area contributed by atoms with Crippen LogP contribution in [0.5, 0.6) is 0 Å². The fraction of sp³-hybridized carbons (Fsp3) is 0.0189. The zero-order chi connectivity index (χ0) is 36.1. The van der Waals surface area contributed by atoms with Crippen LogP contribution in [0.25, 0.3) is 84.5 Å². The first-order valence-electron chi connectivity index (χ1n) is 18.9. The molecule has 2 aromatic heterocycles. The number of hydrogen-bond donors (Lipinski definition) is 0. The molecular weight excluding hydrogens is 701 g/mol. The third kappa shape index (κ3) is 4.50. The van der Waals surface area contributed by atoms with E-state index >= 15 is 0 Å². The highest BCUT2D eigenvalue weighted by Crippen LogP contribution is 2.59. The van der Waals surface area contributed by atoms with Crippen LogP contribution in [0.1, 0.15) is 22.3 Å². The van der Waals surface area contributed by atoms with Crippen molar-refractivity contribution in [2.45, 2.75) is 5.41 Å². The maximum absolute atomic E-state index is 2.50. The Morgan fingerprint density at radius 1 is 0.309 bits per heavy atom. The highest BCUT2D eigenvalue weighted by atomic mass is 32.1. The highest BCUT2D eigenvalue weighted by Gasteiger charge is 2.47. The van der Waals surface area contributed by atoms with Gasteiger partial charge in [-0.2, -0.15) is 0 Å². The van der Waals surface area contributed by atoms with Crippen molar-refractivity contribution in [2.24, 2.45) is 0 Å². The summed E-state index contributed by atoms with van der Waals surface area (Å²) < 4.78 is 5.33. The molecule has 0 aliphatic heterocycles. The van der Waals surface area contributed by atoms with Crippen molar-refractivity contribution < 1.29 is 0 Å². The molecule has 0 nitrogen and oxygen atoms in total. The zero-order valence-corrected chi connectivity index (χ0v) is 31.4. The highest BCUT2D eigenvalue weighted by molar-refractivity contribution is 7.26. The van der Waals surface area contributed by atoms with Crippen LogP contribution in [0, 0.1) is 0 Å². The predicted octanol–water partition coefficient (Wildman–Crippen LogP) is 15.3. The van der Waals surface area contributed by atoms with Crippen molar-refractivity contribution in [1.29, 1.82) is 0 Å². The van der Waals surface area contributed by atoms with Crippen molar-refractivity contribution in [3.8, 4) is 33.4 Å². The Kier molecular flexibility index (Phi) is 6.69. The van der Waals surface area contributed by atoms with Gasteiger partial charge < -0.3 is 0 Å². The molecule has 0 saturated heterocycles. The summed E-state index contributed by atoms with van der Waals surface area (Å²) in [6.45, 7) is 0. The monoisotopic (exact) mass is 732 g/mol. The Hall–Kier alpha value is -6.32. The molecule has 2 heterocycles. The van der Waals surface area contributed by atoms with Gasteiger partial charge in [-0.25, -0.2) is 0 Å². The molecule has 1 aliphatic rings. The van der Waals surface area contributed by atoms with E-state index in [0.717, 1.165) is 0 Å². The molecule has 0 spiro atoms. The van der Waals surface area contributed by atoms with E-state index in [2.05, 4.69) is 194 Å². The normalized spacial score (nSPS) is 13.2. The summed E-state index contributed by atoms with van der Waals surface area (Å²) in [6.07, 6.45) is 0. The molecule has 0 bridgehead atoms. The molecule has 0 saturated carbocycles. The molecule has 12 rings (SSSR count). The lowest BCUT2D eigenvalue weighted by atomic mass is 9.66. The summed E-state index contributed by atoms with van der Waals surface area (Å²) in [7, 11) is 0. The van der Waals surface area contributed by atoms with Crippen molar-refractivity contribution >= 4 is 73.8 Å². The molecule has 0 N–H and O–H groups in total. The van der Waals surface area contributed by atoms with E-state index in [1.807, 2.05) is 22.7 Å². The lowest BCUT2D eigenvalue weighted by molar-refractivity contribution is 0.776. The minimum atomic E-state index is -0.534. The summed E-state index contributed by atoms with van der Waals surface area (Å²) in [5, 5.41) is 7.86. The molecular formula is C53H32S2. The Morgan fingerprint density at radius 3 is 1.35 bits per heavy atom. The zero-order valence-electron chi connectivity index (χ0n) is 29.8. The molecule has 0 radical (unpaired) electrons. The Labute approximate surface area is 327 Å². The van der Waals surface area contributed by atoms with E-state index in [0.29, 0.717) is 0 Å². The van der Waals surface area contributed by atoms with Crippen molar-refractivity contribution in [3.05, 3.63) is 216 Å². The van der Waals surface area contributed by atoms with Crippen LogP contribution in [0.15, 0.2) is 194 Å². The lowest BCUT2D eigenvalue weighted by Gasteiger charge is -2.35. The van der Waals surface area contributed by atoms with Crippen molar-refractivity contribution in [2.75, 3.05) is 0 Å². The molecule has 0 unspecified atom stereocenters. The molecule has 0 amide bonds. The van der Waals surface area contributed by atoms with Crippen molar-refractivity contribution in [1.82, 2.24) is 0 Å². The van der Waals surface area contributed by atoms with Crippen LogP contribution in [0.2, 0.25) is 0 Å². The molecule has 1 aliphatic carbocycles. The largest absolute Gasteiger partial charge is 0.135 e. The van der Waals surface area contributed by atoms with Gasteiger partial charge in [-0.15, -0.1) is 22.7 Å². The molecule has 9 aromatic carbocycles. The van der Waals surface area contributed by atoms with E-state index in [-0.39, 0.29) is 0 Å². The second kappa shape index (κ2) is 11.8. The van der Waals surface area contributed by atoms with Crippen LogP contribution in [0.4, 0.5) is 0 Å². The minimum Gasteiger partial charge on any atom is -0.135 e. The standard InChI is InChI=1S/C53H32S2/c1-3-11-38(12-4-1)53(39-13-5-2-6-14-39)47-32-37(36-24-28-51-46(31-36)42-16-8-10-18-49(42)55-51)22-25-40(47)43-26-21-33-19-20-34(29-44(33)52(43)53)35-23-27-50-45(30-35)41-15-7-9-17-48(41)54-50/h1-32H. The number of hydrogen-bond acceptors (Lipinski definition) is 2. The molecule has 0 atom stereocenters. The Bertz CT molecular complexity index is 3270. The van der Waals surface area contributed by atoms with Crippen LogP contribution in [-0.2, 0) is 5.41 Å². The first-order valence-corrected chi connectivity index (χ1v) is 20.5. The van der Waals surface area contributed by atoms with Crippen LogP contribution >= 0.6 is 22.7 Å². The van der Waals surface area contributed by atoms with E-state index in [9.17, 15) is 0 Å². The fourth-order valence-electron chi connectivity index (χ4n) is 9.49. The second-order valence-corrected chi connectivity index (χ2v) is 17.0. The van der Waals surface area contributed by atoms with Gasteiger partial charge in [0.05, 0.1) is 5.41 Å². The molecule has 256 valence electrons. The first-order chi connectivity index (χ1) is 27.2. The average molecular weight is 733 g/mol. The second-order valence-electron chi connectivity index (χ2n) is 14.8. The van der Waals surface area contributed by atoms with Gasteiger partial charge >= 0.3 is 0 Å². The van der Waals surface area contributed by atoms with Gasteiger partial charge in [-0.1, -0.05) is 146 Å². The average Bonchev–Trinajstić information content (AvgIpc) is 3.92. The topological polar surface area (TPSA) is 0 Å². The third-order valence-electron chi connectivity index (χ3n) is 11.9. The Balaban J connectivity index is 1.13. The van der Waals surface area contributed by atoms with Gasteiger partial charge in [-0.3, -0.25) is 0 Å². The van der Waals surface area contributed by atoms with Gasteiger partial charge in [0.25, 0.3) is 0 Å². The van der Waals surface area contributed by atoms with E-state index in [1.165, 1.54) is 107 Å². The molecule has 55 heavy (non-hydrogen) atoms. The number of rotatable bonds is 4. The maximum atomic E-state index is 2.50. The maximum Gasteiger partial charge on any atom is 0.0719 e. The summed E-state index contributed by atoms with van der Waals surface area (Å²) in [5.74, 6) is 0. The molecule has 0 fully saturated rings. The minimum absolute atomic E-state index is 0.534. The van der Waals surface area contributed by atoms with E-state index < -0.39 is 5.41 Å². The van der Waals surface area contributed by atoms with Gasteiger partial charge in [0, 0.05) is 40.3 Å². The van der Waals surface area contributed by atoms with Crippen molar-refractivity contribution in [3.63, 3.8) is 0 Å².